The van der Waals surface area contributed by atoms with Crippen LogP contribution in [0.3, 0.4) is 0 Å². The molecule has 2 aliphatic carbocycles. The minimum atomic E-state index is 0.265. The van der Waals surface area contributed by atoms with Gasteiger partial charge in [0.15, 0.2) is 0 Å². The van der Waals surface area contributed by atoms with E-state index in [1.54, 1.807) is 0 Å². The van der Waals surface area contributed by atoms with Crippen LogP contribution in [0, 0.1) is 5.92 Å². The van der Waals surface area contributed by atoms with Gasteiger partial charge in [-0.2, -0.15) is 0 Å². The zero-order valence-corrected chi connectivity index (χ0v) is 11.4. The molecule has 100 valence electrons. The summed E-state index contributed by atoms with van der Waals surface area (Å²) in [6.45, 7) is 3.63. The van der Waals surface area contributed by atoms with Gasteiger partial charge < -0.3 is 15.3 Å². The molecular formula is C14H28N2O. The summed E-state index contributed by atoms with van der Waals surface area (Å²) in [7, 11) is 2.23. The van der Waals surface area contributed by atoms with Crippen LogP contribution in [0.5, 0.6) is 0 Å². The van der Waals surface area contributed by atoms with Crippen LogP contribution in [0.25, 0.3) is 0 Å². The molecule has 0 saturated heterocycles. The first kappa shape index (κ1) is 13.3. The van der Waals surface area contributed by atoms with Crippen molar-refractivity contribution < 1.29 is 5.11 Å². The number of hydrogen-bond acceptors (Lipinski definition) is 3. The van der Waals surface area contributed by atoms with Crippen LogP contribution >= 0.6 is 0 Å². The van der Waals surface area contributed by atoms with E-state index in [1.807, 2.05) is 0 Å². The van der Waals surface area contributed by atoms with E-state index in [4.69, 9.17) is 0 Å². The second-order valence-corrected chi connectivity index (χ2v) is 6.09. The van der Waals surface area contributed by atoms with Crippen LogP contribution in [0.4, 0.5) is 0 Å². The Morgan fingerprint density at radius 3 is 2.53 bits per heavy atom. The van der Waals surface area contributed by atoms with Gasteiger partial charge >= 0.3 is 0 Å². The highest BCUT2D eigenvalue weighted by molar-refractivity contribution is 4.87. The Hall–Kier alpha value is -0.120. The summed E-state index contributed by atoms with van der Waals surface area (Å²) >= 11 is 0. The van der Waals surface area contributed by atoms with E-state index in [2.05, 4.69) is 24.2 Å². The molecule has 0 spiro atoms. The minimum absolute atomic E-state index is 0.265. The summed E-state index contributed by atoms with van der Waals surface area (Å²) in [6, 6.07) is 1.67. The number of aliphatic hydroxyl groups is 1. The zero-order chi connectivity index (χ0) is 12.3. The Labute approximate surface area is 106 Å². The molecule has 0 aromatic carbocycles. The molecule has 2 saturated carbocycles. The highest BCUT2D eigenvalue weighted by Crippen LogP contribution is 2.27. The van der Waals surface area contributed by atoms with Gasteiger partial charge in [-0.1, -0.05) is 19.8 Å². The third kappa shape index (κ3) is 3.94. The number of hydrogen-bond donors (Lipinski definition) is 2. The van der Waals surface area contributed by atoms with Crippen molar-refractivity contribution in [2.45, 2.75) is 63.6 Å². The van der Waals surface area contributed by atoms with Gasteiger partial charge in [0.05, 0.1) is 6.61 Å². The van der Waals surface area contributed by atoms with Crippen molar-refractivity contribution in [3.05, 3.63) is 0 Å². The lowest BCUT2D eigenvalue weighted by atomic mass is 9.85. The Balaban J connectivity index is 1.78. The van der Waals surface area contributed by atoms with Crippen molar-refractivity contribution in [1.29, 1.82) is 0 Å². The van der Waals surface area contributed by atoms with Gasteiger partial charge in [-0.25, -0.2) is 0 Å². The number of nitrogens with zero attached hydrogens (tertiary/aromatic N) is 1. The third-order valence-corrected chi connectivity index (χ3v) is 4.41. The van der Waals surface area contributed by atoms with Gasteiger partial charge in [-0.05, 0) is 38.6 Å². The second-order valence-electron chi connectivity index (χ2n) is 6.09. The maximum Gasteiger partial charge on any atom is 0.0597 e. The maximum absolute atomic E-state index is 9.43. The monoisotopic (exact) mass is 240 g/mol. The van der Waals surface area contributed by atoms with Crippen LogP contribution < -0.4 is 5.32 Å². The number of nitrogens with one attached hydrogen (secondary N) is 1. The first-order valence-corrected chi connectivity index (χ1v) is 7.28. The van der Waals surface area contributed by atoms with E-state index in [1.165, 1.54) is 38.5 Å². The van der Waals surface area contributed by atoms with Gasteiger partial charge in [0.2, 0.25) is 0 Å². The SMILES string of the molecule is CC1CCCCC1N(C)CC(CO)NC1CC1. The number of aliphatic hydroxyl groups excluding tert-OH is 1. The highest BCUT2D eigenvalue weighted by atomic mass is 16.3. The average Bonchev–Trinajstić information content (AvgIpc) is 3.12. The molecule has 0 aromatic rings. The number of likely N-dealkylation sites (N-methyl/N-ethyl adjacent to an activating group) is 1. The first-order valence-electron chi connectivity index (χ1n) is 7.28. The summed E-state index contributed by atoms with van der Waals surface area (Å²) in [5.74, 6) is 0.814. The Bertz CT molecular complexity index is 230. The fourth-order valence-electron chi connectivity index (χ4n) is 3.18. The summed E-state index contributed by atoms with van der Waals surface area (Å²) < 4.78 is 0. The molecule has 2 fully saturated rings. The molecule has 0 radical (unpaired) electrons. The van der Waals surface area contributed by atoms with Crippen molar-refractivity contribution in [1.82, 2.24) is 10.2 Å². The first-order chi connectivity index (χ1) is 8.20. The van der Waals surface area contributed by atoms with Gasteiger partial charge in [0.1, 0.15) is 0 Å². The van der Waals surface area contributed by atoms with Crippen molar-refractivity contribution in [3.8, 4) is 0 Å². The molecular weight excluding hydrogens is 212 g/mol. The lowest BCUT2D eigenvalue weighted by Crippen LogP contribution is -2.48. The maximum atomic E-state index is 9.43. The third-order valence-electron chi connectivity index (χ3n) is 4.41. The lowest BCUT2D eigenvalue weighted by Gasteiger charge is -2.38. The number of rotatable bonds is 6. The zero-order valence-electron chi connectivity index (χ0n) is 11.4. The molecule has 2 N–H and O–H groups in total. The molecule has 0 heterocycles. The van der Waals surface area contributed by atoms with Crippen LogP contribution in [0.1, 0.15) is 45.4 Å². The highest BCUT2D eigenvalue weighted by Gasteiger charge is 2.28. The van der Waals surface area contributed by atoms with Gasteiger partial charge in [0.25, 0.3) is 0 Å². The van der Waals surface area contributed by atoms with Crippen molar-refractivity contribution in [3.63, 3.8) is 0 Å². The molecule has 0 aromatic heterocycles. The van der Waals surface area contributed by atoms with Crippen molar-refractivity contribution in [2.24, 2.45) is 5.92 Å². The summed E-state index contributed by atoms with van der Waals surface area (Å²) in [6.07, 6.45) is 8.06. The molecule has 2 rings (SSSR count). The summed E-state index contributed by atoms with van der Waals surface area (Å²) in [4.78, 5) is 2.47. The van der Waals surface area contributed by atoms with Crippen molar-refractivity contribution in [2.75, 3.05) is 20.2 Å². The van der Waals surface area contributed by atoms with E-state index in [9.17, 15) is 5.11 Å². The normalized spacial score (nSPS) is 31.8. The Morgan fingerprint density at radius 2 is 1.94 bits per heavy atom. The molecule has 3 heteroatoms. The van der Waals surface area contributed by atoms with Crippen LogP contribution in [-0.2, 0) is 0 Å². The van der Waals surface area contributed by atoms with Gasteiger partial charge in [-0.15, -0.1) is 0 Å². The largest absolute Gasteiger partial charge is 0.395 e. The van der Waals surface area contributed by atoms with Gasteiger partial charge in [-0.3, -0.25) is 0 Å². The summed E-state index contributed by atoms with van der Waals surface area (Å²) in [5.41, 5.74) is 0. The smallest absolute Gasteiger partial charge is 0.0597 e. The fourth-order valence-corrected chi connectivity index (χ4v) is 3.18. The molecule has 2 aliphatic rings. The van der Waals surface area contributed by atoms with Crippen LogP contribution in [-0.4, -0.2) is 48.3 Å². The standard InChI is InChI=1S/C14H28N2O/c1-11-5-3-4-6-14(11)16(2)9-13(10-17)15-12-7-8-12/h11-15,17H,3-10H2,1-2H3. The van der Waals surface area contributed by atoms with E-state index in [-0.39, 0.29) is 12.6 Å². The summed E-state index contributed by atoms with van der Waals surface area (Å²) in [5, 5.41) is 13.0. The van der Waals surface area contributed by atoms with Crippen LogP contribution in [0.15, 0.2) is 0 Å². The average molecular weight is 240 g/mol. The minimum Gasteiger partial charge on any atom is -0.395 e. The molecule has 17 heavy (non-hydrogen) atoms. The fraction of sp³-hybridized carbons (Fsp3) is 1.00. The molecule has 3 unspecified atom stereocenters. The van der Waals surface area contributed by atoms with E-state index >= 15 is 0 Å². The second kappa shape index (κ2) is 6.17. The Kier molecular flexibility index (Phi) is 4.83. The molecule has 0 bridgehead atoms. The molecule has 0 amide bonds. The van der Waals surface area contributed by atoms with E-state index in [0.29, 0.717) is 6.04 Å². The molecule has 3 nitrogen and oxygen atoms in total. The quantitative estimate of drug-likeness (QED) is 0.740. The topological polar surface area (TPSA) is 35.5 Å². The van der Waals surface area contributed by atoms with E-state index < -0.39 is 0 Å². The molecule has 0 aliphatic heterocycles. The van der Waals surface area contributed by atoms with Crippen molar-refractivity contribution >= 4 is 0 Å². The van der Waals surface area contributed by atoms with Crippen LogP contribution in [0.2, 0.25) is 0 Å². The van der Waals surface area contributed by atoms with Gasteiger partial charge in [0, 0.05) is 24.7 Å². The predicted octanol–water partition coefficient (Wildman–Crippen LogP) is 1.61. The van der Waals surface area contributed by atoms with E-state index in [0.717, 1.165) is 18.5 Å². The lowest BCUT2D eigenvalue weighted by molar-refractivity contribution is 0.112. The predicted molar refractivity (Wildman–Crippen MR) is 71.1 cm³/mol. The molecule has 3 atom stereocenters. The Morgan fingerprint density at radius 1 is 1.24 bits per heavy atom.